The van der Waals surface area contributed by atoms with Crippen molar-refractivity contribution in [3.05, 3.63) is 131 Å². The molecule has 0 radical (unpaired) electrons. The van der Waals surface area contributed by atoms with Gasteiger partial charge >= 0.3 is 0 Å². The van der Waals surface area contributed by atoms with Crippen LogP contribution in [0.5, 0.6) is 0 Å². The van der Waals surface area contributed by atoms with Gasteiger partial charge < -0.3 is 24.7 Å². The molecule has 4 aromatic carbocycles. The van der Waals surface area contributed by atoms with Crippen LogP contribution in [-0.2, 0) is 0 Å². The van der Waals surface area contributed by atoms with E-state index in [0.717, 1.165) is 56.1 Å². The summed E-state index contributed by atoms with van der Waals surface area (Å²) < 4.78 is 0. The molecule has 0 unspecified atom stereocenters. The van der Waals surface area contributed by atoms with Gasteiger partial charge in [-0.05, 0) is 94.1 Å². The highest BCUT2D eigenvalue weighted by Gasteiger charge is 2.13. The number of aliphatic hydroxyl groups is 1. The lowest BCUT2D eigenvalue weighted by molar-refractivity contribution is 0.272. The fourth-order valence-corrected chi connectivity index (χ4v) is 4.86. The highest BCUT2D eigenvalue weighted by atomic mass is 16.3. The van der Waals surface area contributed by atoms with E-state index in [9.17, 15) is 5.11 Å². The Bertz CT molecular complexity index is 1270. The Hall–Kier alpha value is -4.48. The van der Waals surface area contributed by atoms with E-state index in [-0.39, 0.29) is 0 Å². The Morgan fingerprint density at radius 1 is 0.405 bits per heavy atom. The van der Waals surface area contributed by atoms with E-state index < -0.39 is 6.10 Å². The second kappa shape index (κ2) is 13.5. The average Bonchev–Trinajstić information content (AvgIpc) is 2.99. The summed E-state index contributed by atoms with van der Waals surface area (Å²) in [6, 6.07) is 33.9. The number of hydrogen-bond acceptors (Lipinski definition) is 5. The van der Waals surface area contributed by atoms with Crippen molar-refractivity contribution in [1.29, 1.82) is 0 Å². The molecule has 0 aromatic heterocycles. The summed E-state index contributed by atoms with van der Waals surface area (Å²) >= 11 is 0. The third-order valence-electron chi connectivity index (χ3n) is 7.45. The van der Waals surface area contributed by atoms with E-state index in [4.69, 9.17) is 0 Å². The van der Waals surface area contributed by atoms with E-state index in [1.165, 1.54) is 0 Å². The summed E-state index contributed by atoms with van der Waals surface area (Å²) in [7, 11) is 16.3. The normalized spacial score (nSPS) is 10.7. The van der Waals surface area contributed by atoms with Crippen LogP contribution in [0.1, 0.15) is 22.3 Å². The van der Waals surface area contributed by atoms with Crippen molar-refractivity contribution in [1.82, 2.24) is 0 Å². The van der Waals surface area contributed by atoms with E-state index >= 15 is 0 Å². The van der Waals surface area contributed by atoms with Gasteiger partial charge in [-0.3, -0.25) is 0 Å². The number of anilines is 4. The van der Waals surface area contributed by atoms with Crippen LogP contribution < -0.4 is 19.6 Å². The Morgan fingerprint density at radius 2 is 0.595 bits per heavy atom. The van der Waals surface area contributed by atoms with Gasteiger partial charge in [-0.2, -0.15) is 0 Å². The quantitative estimate of drug-likeness (QED) is 0.229. The lowest BCUT2D eigenvalue weighted by atomic mass is 9.93. The lowest BCUT2D eigenvalue weighted by Crippen LogP contribution is -2.09. The molecule has 0 aliphatic heterocycles. The van der Waals surface area contributed by atoms with Crippen LogP contribution in [0.15, 0.2) is 109 Å². The summed E-state index contributed by atoms with van der Waals surface area (Å²) in [5.74, 6) is 0. The largest absolute Gasteiger partial charge is 0.385 e. The lowest BCUT2D eigenvalue weighted by Gasteiger charge is -2.18. The van der Waals surface area contributed by atoms with Gasteiger partial charge in [-0.25, -0.2) is 0 Å². The van der Waals surface area contributed by atoms with Gasteiger partial charge in [-0.15, -0.1) is 0 Å². The number of benzene rings is 4. The molecular formula is C37H44N4O. The third kappa shape index (κ3) is 7.42. The van der Waals surface area contributed by atoms with Gasteiger partial charge in [0, 0.05) is 79.1 Å². The summed E-state index contributed by atoms with van der Waals surface area (Å²) in [5, 5.41) is 11.6. The third-order valence-corrected chi connectivity index (χ3v) is 7.45. The fraction of sp³-hybridized carbons (Fsp3) is 0.243. The molecular weight excluding hydrogens is 516 g/mol. The molecule has 0 aliphatic carbocycles. The van der Waals surface area contributed by atoms with Crippen molar-refractivity contribution in [3.8, 4) is 0 Å². The standard InChI is InChI=1S/C37H44N4O/c1-38(2)31-17-9-27(10-18-31)36(28-11-19-32(20-12-28)39(3)4)25-35(42)26-37(29-13-21-33(22-14-29)40(5)6)30-15-23-34(24-16-30)41(7)8/h9-26,35,42H,1-8H3. The number of hydrogen-bond donors (Lipinski definition) is 1. The fourth-order valence-electron chi connectivity index (χ4n) is 4.86. The van der Waals surface area contributed by atoms with Gasteiger partial charge in [0.05, 0.1) is 6.10 Å². The van der Waals surface area contributed by atoms with Gasteiger partial charge in [0.1, 0.15) is 0 Å². The Kier molecular flexibility index (Phi) is 9.76. The molecule has 0 bridgehead atoms. The van der Waals surface area contributed by atoms with E-state index in [0.29, 0.717) is 0 Å². The van der Waals surface area contributed by atoms with Crippen molar-refractivity contribution < 1.29 is 5.11 Å². The molecule has 5 heteroatoms. The smallest absolute Gasteiger partial charge is 0.0920 e. The van der Waals surface area contributed by atoms with Gasteiger partial charge in [0.25, 0.3) is 0 Å². The molecule has 0 aliphatic rings. The summed E-state index contributed by atoms with van der Waals surface area (Å²) in [5.41, 5.74) is 10.7. The first kappa shape index (κ1) is 30.5. The molecule has 42 heavy (non-hydrogen) atoms. The minimum Gasteiger partial charge on any atom is -0.385 e. The molecule has 0 amide bonds. The van der Waals surface area contributed by atoms with Crippen molar-refractivity contribution in [2.45, 2.75) is 6.10 Å². The van der Waals surface area contributed by atoms with Crippen molar-refractivity contribution in [3.63, 3.8) is 0 Å². The Labute approximate surface area is 252 Å². The zero-order valence-corrected chi connectivity index (χ0v) is 26.2. The molecule has 4 rings (SSSR count). The molecule has 0 fully saturated rings. The zero-order valence-electron chi connectivity index (χ0n) is 26.2. The predicted molar refractivity (Wildman–Crippen MR) is 183 cm³/mol. The molecule has 0 spiro atoms. The first-order valence-corrected chi connectivity index (χ1v) is 14.3. The Balaban J connectivity index is 1.81. The van der Waals surface area contributed by atoms with Gasteiger partial charge in [0.15, 0.2) is 0 Å². The SMILES string of the molecule is CN(C)c1ccc(C(=CC(O)C=C(c2ccc(N(C)C)cc2)c2ccc(N(C)C)cc2)c2ccc(N(C)C)cc2)cc1. The molecule has 4 aromatic rings. The summed E-state index contributed by atoms with van der Waals surface area (Å²) in [6.07, 6.45) is 3.09. The van der Waals surface area contributed by atoms with Crippen molar-refractivity contribution >= 4 is 33.9 Å². The predicted octanol–water partition coefficient (Wildman–Crippen LogP) is 6.88. The second-order valence-electron chi connectivity index (χ2n) is 11.4. The van der Waals surface area contributed by atoms with Crippen LogP contribution in [0, 0.1) is 0 Å². The molecule has 5 nitrogen and oxygen atoms in total. The van der Waals surface area contributed by atoms with Crippen molar-refractivity contribution in [2.24, 2.45) is 0 Å². The second-order valence-corrected chi connectivity index (χ2v) is 11.4. The van der Waals surface area contributed by atoms with Crippen molar-refractivity contribution in [2.75, 3.05) is 76.0 Å². The van der Waals surface area contributed by atoms with Crippen LogP contribution in [0.25, 0.3) is 11.1 Å². The summed E-state index contributed by atoms with van der Waals surface area (Å²) in [6.45, 7) is 0. The van der Waals surface area contributed by atoms with Crippen LogP contribution in [0.2, 0.25) is 0 Å². The molecule has 1 N–H and O–H groups in total. The van der Waals surface area contributed by atoms with Crippen LogP contribution >= 0.6 is 0 Å². The first-order chi connectivity index (χ1) is 20.0. The maximum absolute atomic E-state index is 11.6. The van der Waals surface area contributed by atoms with E-state index in [1.54, 1.807) is 0 Å². The number of rotatable bonds is 10. The maximum atomic E-state index is 11.6. The van der Waals surface area contributed by atoms with Gasteiger partial charge in [-0.1, -0.05) is 48.5 Å². The number of aliphatic hydroxyl groups excluding tert-OH is 1. The van der Waals surface area contributed by atoms with Crippen LogP contribution in [0.3, 0.4) is 0 Å². The first-order valence-electron chi connectivity index (χ1n) is 14.3. The Morgan fingerprint density at radius 3 is 0.762 bits per heavy atom. The average molecular weight is 561 g/mol. The van der Waals surface area contributed by atoms with Crippen LogP contribution in [-0.4, -0.2) is 67.6 Å². The van der Waals surface area contributed by atoms with E-state index in [1.807, 2.05) is 68.5 Å². The van der Waals surface area contributed by atoms with Crippen LogP contribution in [0.4, 0.5) is 22.7 Å². The molecule has 0 saturated carbocycles. The zero-order chi connectivity index (χ0) is 30.4. The number of nitrogens with zero attached hydrogens (tertiary/aromatic N) is 4. The van der Waals surface area contributed by atoms with Gasteiger partial charge in [0.2, 0.25) is 0 Å². The topological polar surface area (TPSA) is 33.2 Å². The highest BCUT2D eigenvalue weighted by Crippen LogP contribution is 2.31. The maximum Gasteiger partial charge on any atom is 0.0920 e. The minimum absolute atomic E-state index is 0.820. The van der Waals surface area contributed by atoms with E-state index in [2.05, 4.69) is 117 Å². The molecule has 0 saturated heterocycles. The highest BCUT2D eigenvalue weighted by molar-refractivity contribution is 5.84. The monoisotopic (exact) mass is 560 g/mol. The molecule has 0 atom stereocenters. The summed E-state index contributed by atoms with van der Waals surface area (Å²) in [4.78, 5) is 8.36. The molecule has 0 heterocycles. The minimum atomic E-state index is -0.820. The molecule has 218 valence electrons.